The van der Waals surface area contributed by atoms with Gasteiger partial charge in [0.25, 0.3) is 0 Å². The highest BCUT2D eigenvalue weighted by Gasteiger charge is 2.31. The minimum absolute atomic E-state index is 0.461. The van der Waals surface area contributed by atoms with Crippen LogP contribution >= 0.6 is 23.2 Å². The molecule has 0 amide bonds. The van der Waals surface area contributed by atoms with Crippen molar-refractivity contribution in [1.82, 2.24) is 5.32 Å². The van der Waals surface area contributed by atoms with Crippen molar-refractivity contribution in [1.29, 1.82) is 0 Å². The van der Waals surface area contributed by atoms with Crippen molar-refractivity contribution in [2.75, 3.05) is 12.3 Å². The zero-order valence-electron chi connectivity index (χ0n) is 9.26. The van der Waals surface area contributed by atoms with Crippen molar-refractivity contribution in [3.63, 3.8) is 0 Å². The third-order valence-electron chi connectivity index (χ3n) is 3.15. The Balaban J connectivity index is 1.89. The standard InChI is InChI=1S/C12H16Cl2N2/c1-7-2-9(7)6-16-5-8-3-10(13)12(15)11(14)4-8/h3-4,7,9,16H,2,5-6,15H2,1H3. The van der Waals surface area contributed by atoms with Gasteiger partial charge in [-0.3, -0.25) is 0 Å². The van der Waals surface area contributed by atoms with E-state index in [1.807, 2.05) is 12.1 Å². The van der Waals surface area contributed by atoms with Crippen LogP contribution in [0.2, 0.25) is 10.0 Å². The Bertz CT molecular complexity index is 370. The van der Waals surface area contributed by atoms with Gasteiger partial charge >= 0.3 is 0 Å². The van der Waals surface area contributed by atoms with E-state index in [2.05, 4.69) is 12.2 Å². The summed E-state index contributed by atoms with van der Waals surface area (Å²) in [6, 6.07) is 3.73. The zero-order chi connectivity index (χ0) is 11.7. The molecule has 1 aromatic rings. The summed E-state index contributed by atoms with van der Waals surface area (Å²) in [5.41, 5.74) is 7.21. The van der Waals surface area contributed by atoms with E-state index in [1.54, 1.807) is 0 Å². The van der Waals surface area contributed by atoms with Gasteiger partial charge in [0.15, 0.2) is 0 Å². The topological polar surface area (TPSA) is 38.0 Å². The number of halogens is 2. The van der Waals surface area contributed by atoms with E-state index >= 15 is 0 Å². The van der Waals surface area contributed by atoms with Gasteiger partial charge in [-0.25, -0.2) is 0 Å². The van der Waals surface area contributed by atoms with Crippen LogP contribution in [0.4, 0.5) is 5.69 Å². The van der Waals surface area contributed by atoms with E-state index < -0.39 is 0 Å². The Morgan fingerprint density at radius 3 is 2.44 bits per heavy atom. The number of nitrogens with two attached hydrogens (primary N) is 1. The molecule has 2 rings (SSSR count). The number of hydrogen-bond donors (Lipinski definition) is 2. The van der Waals surface area contributed by atoms with Crippen molar-refractivity contribution in [3.8, 4) is 0 Å². The van der Waals surface area contributed by atoms with Crippen LogP contribution in [-0.2, 0) is 6.54 Å². The van der Waals surface area contributed by atoms with E-state index in [0.717, 1.165) is 30.5 Å². The summed E-state index contributed by atoms with van der Waals surface area (Å²) in [5, 5.41) is 4.47. The summed E-state index contributed by atoms with van der Waals surface area (Å²) in [6.07, 6.45) is 1.34. The molecule has 1 saturated carbocycles. The van der Waals surface area contributed by atoms with Gasteiger partial charge in [-0.2, -0.15) is 0 Å². The molecular formula is C12H16Cl2N2. The monoisotopic (exact) mass is 258 g/mol. The Hall–Kier alpha value is -0.440. The van der Waals surface area contributed by atoms with Gasteiger partial charge < -0.3 is 11.1 Å². The minimum Gasteiger partial charge on any atom is -0.396 e. The average molecular weight is 259 g/mol. The molecule has 1 aromatic carbocycles. The summed E-state index contributed by atoms with van der Waals surface area (Å²) in [7, 11) is 0. The van der Waals surface area contributed by atoms with Crippen molar-refractivity contribution >= 4 is 28.9 Å². The first-order valence-corrected chi connectivity index (χ1v) is 6.27. The molecule has 0 heterocycles. The Morgan fingerprint density at radius 2 is 1.94 bits per heavy atom. The molecule has 0 aliphatic heterocycles. The molecule has 1 aliphatic rings. The fraction of sp³-hybridized carbons (Fsp3) is 0.500. The normalized spacial score (nSPS) is 23.4. The van der Waals surface area contributed by atoms with E-state index in [1.165, 1.54) is 6.42 Å². The van der Waals surface area contributed by atoms with Crippen molar-refractivity contribution in [2.45, 2.75) is 19.9 Å². The van der Waals surface area contributed by atoms with Crippen LogP contribution in [0, 0.1) is 11.8 Å². The first-order valence-electron chi connectivity index (χ1n) is 5.52. The highest BCUT2D eigenvalue weighted by Crippen LogP contribution is 2.36. The lowest BCUT2D eigenvalue weighted by Crippen LogP contribution is -2.16. The maximum absolute atomic E-state index is 5.96. The Morgan fingerprint density at radius 1 is 1.38 bits per heavy atom. The molecule has 0 radical (unpaired) electrons. The quantitative estimate of drug-likeness (QED) is 0.814. The SMILES string of the molecule is CC1CC1CNCc1cc(Cl)c(N)c(Cl)c1. The molecule has 2 unspecified atom stereocenters. The predicted octanol–water partition coefficient (Wildman–Crippen LogP) is 3.32. The zero-order valence-corrected chi connectivity index (χ0v) is 10.8. The smallest absolute Gasteiger partial charge is 0.0693 e. The van der Waals surface area contributed by atoms with Crippen LogP contribution in [0.3, 0.4) is 0 Å². The molecule has 16 heavy (non-hydrogen) atoms. The average Bonchev–Trinajstić information content (AvgIpc) is 2.91. The van der Waals surface area contributed by atoms with Gasteiger partial charge in [0.1, 0.15) is 0 Å². The minimum atomic E-state index is 0.461. The number of nitrogens with one attached hydrogen (secondary N) is 1. The van der Waals surface area contributed by atoms with Gasteiger partial charge in [-0.15, -0.1) is 0 Å². The summed E-state index contributed by atoms with van der Waals surface area (Å²) < 4.78 is 0. The molecule has 2 atom stereocenters. The summed E-state index contributed by atoms with van der Waals surface area (Å²) in [6.45, 7) is 4.15. The Kier molecular flexibility index (Phi) is 3.63. The largest absolute Gasteiger partial charge is 0.396 e. The molecular weight excluding hydrogens is 243 g/mol. The number of nitrogen functional groups attached to an aromatic ring is 1. The molecule has 0 aromatic heterocycles. The third-order valence-corrected chi connectivity index (χ3v) is 3.78. The lowest BCUT2D eigenvalue weighted by molar-refractivity contribution is 0.612. The first kappa shape index (κ1) is 12.0. The van der Waals surface area contributed by atoms with Gasteiger partial charge in [0.05, 0.1) is 15.7 Å². The molecule has 1 fully saturated rings. The fourth-order valence-electron chi connectivity index (χ4n) is 1.82. The number of rotatable bonds is 4. The van der Waals surface area contributed by atoms with Crippen LogP contribution < -0.4 is 11.1 Å². The molecule has 88 valence electrons. The second kappa shape index (κ2) is 4.82. The van der Waals surface area contributed by atoms with Crippen molar-refractivity contribution in [3.05, 3.63) is 27.7 Å². The van der Waals surface area contributed by atoms with Gasteiger partial charge in [-0.05, 0) is 42.5 Å². The lowest BCUT2D eigenvalue weighted by Gasteiger charge is -2.07. The van der Waals surface area contributed by atoms with Crippen LogP contribution in [-0.4, -0.2) is 6.54 Å². The van der Waals surface area contributed by atoms with Crippen LogP contribution in [0.1, 0.15) is 18.9 Å². The van der Waals surface area contributed by atoms with Crippen molar-refractivity contribution in [2.24, 2.45) is 11.8 Å². The van der Waals surface area contributed by atoms with Crippen LogP contribution in [0.25, 0.3) is 0 Å². The van der Waals surface area contributed by atoms with E-state index in [9.17, 15) is 0 Å². The molecule has 1 aliphatic carbocycles. The van der Waals surface area contributed by atoms with Gasteiger partial charge in [0, 0.05) is 6.54 Å². The van der Waals surface area contributed by atoms with Crippen LogP contribution in [0.5, 0.6) is 0 Å². The summed E-state index contributed by atoms with van der Waals surface area (Å²) >= 11 is 11.9. The molecule has 0 saturated heterocycles. The van der Waals surface area contributed by atoms with Crippen molar-refractivity contribution < 1.29 is 0 Å². The third kappa shape index (κ3) is 2.82. The molecule has 2 nitrogen and oxygen atoms in total. The highest BCUT2D eigenvalue weighted by molar-refractivity contribution is 6.38. The van der Waals surface area contributed by atoms with E-state index in [4.69, 9.17) is 28.9 Å². The number of anilines is 1. The second-order valence-corrected chi connectivity index (χ2v) is 5.39. The second-order valence-electron chi connectivity index (χ2n) is 4.58. The summed E-state index contributed by atoms with van der Waals surface area (Å²) in [5.74, 6) is 1.73. The molecule has 3 N–H and O–H groups in total. The fourth-order valence-corrected chi connectivity index (χ4v) is 2.36. The van der Waals surface area contributed by atoms with E-state index in [-0.39, 0.29) is 0 Å². The molecule has 0 spiro atoms. The maximum atomic E-state index is 5.96. The molecule has 4 heteroatoms. The first-order chi connectivity index (χ1) is 7.58. The number of benzene rings is 1. The van der Waals surface area contributed by atoms with E-state index in [0.29, 0.717) is 15.7 Å². The van der Waals surface area contributed by atoms with Gasteiger partial charge in [-0.1, -0.05) is 30.1 Å². The van der Waals surface area contributed by atoms with Crippen LogP contribution in [0.15, 0.2) is 12.1 Å². The predicted molar refractivity (Wildman–Crippen MR) is 69.9 cm³/mol. The lowest BCUT2D eigenvalue weighted by atomic mass is 10.2. The Labute approximate surface area is 106 Å². The maximum Gasteiger partial charge on any atom is 0.0693 e. The highest BCUT2D eigenvalue weighted by atomic mass is 35.5. The molecule has 0 bridgehead atoms. The summed E-state index contributed by atoms with van der Waals surface area (Å²) in [4.78, 5) is 0. The van der Waals surface area contributed by atoms with Gasteiger partial charge in [0.2, 0.25) is 0 Å². The number of hydrogen-bond acceptors (Lipinski definition) is 2.